The summed E-state index contributed by atoms with van der Waals surface area (Å²) >= 11 is 0. The van der Waals surface area contributed by atoms with Crippen LogP contribution in [-0.4, -0.2) is 30.7 Å². The van der Waals surface area contributed by atoms with Crippen molar-refractivity contribution in [3.63, 3.8) is 0 Å². The number of nitrogens with one attached hydrogen (secondary N) is 1. The lowest BCUT2D eigenvalue weighted by molar-refractivity contribution is -0.131. The van der Waals surface area contributed by atoms with Gasteiger partial charge in [0.25, 0.3) is 0 Å². The largest absolute Gasteiger partial charge is 0.396 e. The van der Waals surface area contributed by atoms with Gasteiger partial charge in [-0.05, 0) is 37.5 Å². The highest BCUT2D eigenvalue weighted by Crippen LogP contribution is 2.40. The van der Waals surface area contributed by atoms with Crippen LogP contribution in [0.3, 0.4) is 0 Å². The molecule has 112 valence electrons. The van der Waals surface area contributed by atoms with Crippen molar-refractivity contribution in [2.24, 2.45) is 16.6 Å². The third kappa shape index (κ3) is 3.69. The van der Waals surface area contributed by atoms with Crippen molar-refractivity contribution in [1.29, 1.82) is 0 Å². The smallest absolute Gasteiger partial charge is 0.227 e. The van der Waals surface area contributed by atoms with Crippen LogP contribution in [0.2, 0.25) is 0 Å². The van der Waals surface area contributed by atoms with E-state index in [1.54, 1.807) is 0 Å². The summed E-state index contributed by atoms with van der Waals surface area (Å²) in [6, 6.07) is 0. The van der Waals surface area contributed by atoms with Crippen molar-refractivity contribution in [1.82, 2.24) is 5.32 Å². The van der Waals surface area contributed by atoms with E-state index >= 15 is 0 Å². The van der Waals surface area contributed by atoms with Gasteiger partial charge in [0.05, 0.1) is 5.41 Å². The number of hydrogen-bond donors (Lipinski definition) is 3. The van der Waals surface area contributed by atoms with E-state index in [2.05, 4.69) is 5.32 Å². The predicted molar refractivity (Wildman–Crippen MR) is 77.7 cm³/mol. The minimum atomic E-state index is -0.418. The molecule has 1 amide bonds. The van der Waals surface area contributed by atoms with E-state index in [9.17, 15) is 9.90 Å². The molecule has 0 unspecified atom stereocenters. The van der Waals surface area contributed by atoms with Gasteiger partial charge >= 0.3 is 0 Å². The van der Waals surface area contributed by atoms with Crippen LogP contribution in [0.4, 0.5) is 0 Å². The first-order valence-corrected chi connectivity index (χ1v) is 7.67. The SMILES string of the molecule is CCC(CC)(CN)C(=O)NCC1(CCO)CCCC1. The van der Waals surface area contributed by atoms with Crippen molar-refractivity contribution in [3.05, 3.63) is 0 Å². The second-order valence-corrected chi connectivity index (χ2v) is 6.05. The van der Waals surface area contributed by atoms with Gasteiger partial charge in [0, 0.05) is 19.7 Å². The summed E-state index contributed by atoms with van der Waals surface area (Å²) in [6.07, 6.45) is 6.99. The molecule has 1 rings (SSSR count). The summed E-state index contributed by atoms with van der Waals surface area (Å²) in [7, 11) is 0. The lowest BCUT2D eigenvalue weighted by Crippen LogP contribution is -2.48. The molecule has 0 saturated heterocycles. The zero-order valence-electron chi connectivity index (χ0n) is 12.5. The Hall–Kier alpha value is -0.610. The highest BCUT2D eigenvalue weighted by atomic mass is 16.3. The molecule has 0 atom stereocenters. The van der Waals surface area contributed by atoms with Gasteiger partial charge < -0.3 is 16.2 Å². The molecular formula is C15H30N2O2. The van der Waals surface area contributed by atoms with Crippen molar-refractivity contribution in [3.8, 4) is 0 Å². The summed E-state index contributed by atoms with van der Waals surface area (Å²) in [5.74, 6) is 0.0872. The van der Waals surface area contributed by atoms with Crippen molar-refractivity contribution in [2.45, 2.75) is 58.8 Å². The van der Waals surface area contributed by atoms with E-state index in [4.69, 9.17) is 5.73 Å². The molecule has 1 fully saturated rings. The molecule has 19 heavy (non-hydrogen) atoms. The standard InChI is InChI=1S/C15H30N2O2/c1-3-15(4-2,11-16)13(19)17-12-14(9-10-18)7-5-6-8-14/h18H,3-12,16H2,1-2H3,(H,17,19). The third-order valence-corrected chi connectivity index (χ3v) is 5.16. The maximum atomic E-state index is 12.4. The number of rotatable bonds is 8. The zero-order valence-corrected chi connectivity index (χ0v) is 12.5. The van der Waals surface area contributed by atoms with Crippen molar-refractivity contribution in [2.75, 3.05) is 19.7 Å². The highest BCUT2D eigenvalue weighted by molar-refractivity contribution is 5.82. The molecule has 1 aliphatic rings. The van der Waals surface area contributed by atoms with Crippen LogP contribution in [0.15, 0.2) is 0 Å². The summed E-state index contributed by atoms with van der Waals surface area (Å²) in [6.45, 7) is 5.34. The Balaban J connectivity index is 2.61. The molecule has 0 aromatic heterocycles. The second kappa shape index (κ2) is 7.25. The van der Waals surface area contributed by atoms with Gasteiger partial charge in [0.2, 0.25) is 5.91 Å². The fourth-order valence-electron chi connectivity index (χ4n) is 3.29. The predicted octanol–water partition coefficient (Wildman–Crippen LogP) is 1.81. The molecule has 1 aliphatic carbocycles. The van der Waals surface area contributed by atoms with Crippen LogP contribution in [0.25, 0.3) is 0 Å². The van der Waals surface area contributed by atoms with Gasteiger partial charge in [0.15, 0.2) is 0 Å². The highest BCUT2D eigenvalue weighted by Gasteiger charge is 2.37. The summed E-state index contributed by atoms with van der Waals surface area (Å²) < 4.78 is 0. The number of hydrogen-bond acceptors (Lipinski definition) is 3. The first kappa shape index (κ1) is 16.4. The van der Waals surface area contributed by atoms with E-state index in [0.717, 1.165) is 32.1 Å². The quantitative estimate of drug-likeness (QED) is 0.629. The Bertz CT molecular complexity index is 274. The van der Waals surface area contributed by atoms with Gasteiger partial charge in [0.1, 0.15) is 0 Å². The van der Waals surface area contributed by atoms with E-state index in [1.165, 1.54) is 12.8 Å². The van der Waals surface area contributed by atoms with Gasteiger partial charge in [-0.25, -0.2) is 0 Å². The van der Waals surface area contributed by atoms with Crippen LogP contribution in [0, 0.1) is 10.8 Å². The van der Waals surface area contributed by atoms with Crippen LogP contribution >= 0.6 is 0 Å². The number of nitrogens with two attached hydrogens (primary N) is 1. The van der Waals surface area contributed by atoms with E-state index in [-0.39, 0.29) is 17.9 Å². The van der Waals surface area contributed by atoms with E-state index < -0.39 is 5.41 Å². The Kier molecular flexibility index (Phi) is 6.27. The molecule has 0 bridgehead atoms. The van der Waals surface area contributed by atoms with E-state index in [0.29, 0.717) is 13.1 Å². The molecular weight excluding hydrogens is 240 g/mol. The molecule has 0 heterocycles. The number of carbonyl (C=O) groups is 1. The number of aliphatic hydroxyl groups excluding tert-OH is 1. The topological polar surface area (TPSA) is 75.4 Å². The van der Waals surface area contributed by atoms with Crippen LogP contribution in [-0.2, 0) is 4.79 Å². The lowest BCUT2D eigenvalue weighted by atomic mass is 9.79. The molecule has 0 spiro atoms. The van der Waals surface area contributed by atoms with E-state index in [1.807, 2.05) is 13.8 Å². The fraction of sp³-hybridized carbons (Fsp3) is 0.933. The molecule has 0 radical (unpaired) electrons. The Morgan fingerprint density at radius 1 is 1.32 bits per heavy atom. The Morgan fingerprint density at radius 3 is 2.32 bits per heavy atom. The lowest BCUT2D eigenvalue weighted by Gasteiger charge is -2.33. The average molecular weight is 270 g/mol. The van der Waals surface area contributed by atoms with Gasteiger partial charge in [-0.1, -0.05) is 26.7 Å². The third-order valence-electron chi connectivity index (χ3n) is 5.16. The molecule has 0 aliphatic heterocycles. The molecule has 0 aromatic carbocycles. The minimum absolute atomic E-state index is 0.0872. The number of aliphatic hydroxyl groups is 1. The Labute approximate surface area is 117 Å². The molecule has 1 saturated carbocycles. The summed E-state index contributed by atoms with van der Waals surface area (Å²) in [5.41, 5.74) is 5.50. The monoisotopic (exact) mass is 270 g/mol. The molecule has 4 heteroatoms. The van der Waals surface area contributed by atoms with Gasteiger partial charge in [-0.15, -0.1) is 0 Å². The fourth-order valence-corrected chi connectivity index (χ4v) is 3.29. The second-order valence-electron chi connectivity index (χ2n) is 6.05. The number of amides is 1. The van der Waals surface area contributed by atoms with Crippen molar-refractivity contribution < 1.29 is 9.90 Å². The minimum Gasteiger partial charge on any atom is -0.396 e. The van der Waals surface area contributed by atoms with Gasteiger partial charge in [-0.2, -0.15) is 0 Å². The number of carbonyl (C=O) groups excluding carboxylic acids is 1. The average Bonchev–Trinajstić information content (AvgIpc) is 2.89. The molecule has 0 aromatic rings. The first-order valence-electron chi connectivity index (χ1n) is 7.67. The first-order chi connectivity index (χ1) is 9.08. The maximum absolute atomic E-state index is 12.4. The summed E-state index contributed by atoms with van der Waals surface area (Å²) in [4.78, 5) is 12.4. The van der Waals surface area contributed by atoms with Crippen LogP contribution in [0.1, 0.15) is 58.8 Å². The van der Waals surface area contributed by atoms with Crippen LogP contribution < -0.4 is 11.1 Å². The van der Waals surface area contributed by atoms with Gasteiger partial charge in [-0.3, -0.25) is 4.79 Å². The van der Waals surface area contributed by atoms with Crippen molar-refractivity contribution >= 4 is 5.91 Å². The zero-order chi connectivity index (χ0) is 14.4. The maximum Gasteiger partial charge on any atom is 0.227 e. The van der Waals surface area contributed by atoms with Crippen LogP contribution in [0.5, 0.6) is 0 Å². The molecule has 4 N–H and O–H groups in total. The normalized spacial score (nSPS) is 18.5. The Morgan fingerprint density at radius 2 is 1.89 bits per heavy atom. The summed E-state index contributed by atoms with van der Waals surface area (Å²) in [5, 5.41) is 12.3. The molecule has 4 nitrogen and oxygen atoms in total.